The molecule has 1 rings (SSSR count). The van der Waals surface area contributed by atoms with Crippen molar-refractivity contribution in [2.45, 2.75) is 5.30 Å². The zero-order valence-electron chi connectivity index (χ0n) is 6.70. The normalized spacial score (nSPS) is 11.2. The highest BCUT2D eigenvalue weighted by Gasteiger charge is 2.12. The zero-order valence-corrected chi connectivity index (χ0v) is 8.28. The van der Waals surface area contributed by atoms with Crippen LogP contribution < -0.4 is 10.5 Å². The summed E-state index contributed by atoms with van der Waals surface area (Å²) in [7, 11) is 15.6. The lowest BCUT2D eigenvalue weighted by atomic mass is 9.52. The second kappa shape index (κ2) is 3.66. The number of halogens is 1. The van der Waals surface area contributed by atoms with E-state index in [1.54, 1.807) is 6.07 Å². The highest BCUT2D eigenvalue weighted by atomic mass is 79.9. The predicted molar refractivity (Wildman–Crippen MR) is 57.0 cm³/mol. The van der Waals surface area contributed by atoms with Gasteiger partial charge < -0.3 is 10.5 Å². The van der Waals surface area contributed by atoms with Crippen LogP contribution in [0.25, 0.3) is 0 Å². The van der Waals surface area contributed by atoms with Crippen LogP contribution in [-0.2, 0) is 0 Å². The number of hydrogen-bond acceptors (Lipinski definition) is 3. The van der Waals surface area contributed by atoms with Crippen LogP contribution in [0, 0.1) is 0 Å². The van der Waals surface area contributed by atoms with Crippen molar-refractivity contribution in [3.63, 3.8) is 0 Å². The van der Waals surface area contributed by atoms with Gasteiger partial charge in [-0.05, 0) is 27.3 Å². The summed E-state index contributed by atoms with van der Waals surface area (Å²) >= 11 is 3.14. The minimum Gasteiger partial charge on any atom is -0.512 e. The van der Waals surface area contributed by atoms with Gasteiger partial charge >= 0.3 is 0 Å². The minimum absolute atomic E-state index is 0.246. The summed E-state index contributed by atoms with van der Waals surface area (Å²) in [4.78, 5) is 3.87. The van der Waals surface area contributed by atoms with Gasteiger partial charge in [0.15, 0.2) is 5.75 Å². The van der Waals surface area contributed by atoms with Gasteiger partial charge in [-0.3, -0.25) is 0 Å². The first kappa shape index (κ1) is 10.5. The molecule has 60 valence electrons. The molecule has 0 saturated heterocycles. The van der Waals surface area contributed by atoms with Crippen molar-refractivity contribution >= 4 is 45.2 Å². The molecule has 0 saturated carbocycles. The molecule has 3 nitrogen and oxygen atoms in total. The Morgan fingerprint density at radius 3 is 2.54 bits per heavy atom. The van der Waals surface area contributed by atoms with E-state index in [4.69, 9.17) is 34.0 Å². The SMILES string of the molecule is [B]C([B])([B])Oc1cnc(Br)cc1N. The van der Waals surface area contributed by atoms with Gasteiger partial charge in [0.1, 0.15) is 28.1 Å². The topological polar surface area (TPSA) is 48.1 Å². The van der Waals surface area contributed by atoms with Crippen LogP contribution >= 0.6 is 15.9 Å². The Kier molecular flexibility index (Phi) is 2.96. The number of anilines is 1. The van der Waals surface area contributed by atoms with Gasteiger partial charge in [-0.2, -0.15) is 0 Å². The van der Waals surface area contributed by atoms with E-state index < -0.39 is 5.30 Å². The van der Waals surface area contributed by atoms with Gasteiger partial charge in [0.05, 0.1) is 11.9 Å². The number of nitrogen functional groups attached to an aromatic ring is 1. The number of hydrogen-bond donors (Lipinski definition) is 1. The molecule has 1 heterocycles. The first-order valence-corrected chi connectivity index (χ1v) is 4.14. The van der Waals surface area contributed by atoms with Crippen LogP contribution in [0.5, 0.6) is 5.75 Å². The number of nitrogens with two attached hydrogens (primary N) is 1. The third-order valence-corrected chi connectivity index (χ3v) is 1.58. The molecule has 13 heavy (non-hydrogen) atoms. The van der Waals surface area contributed by atoms with Crippen molar-refractivity contribution in [2.24, 2.45) is 0 Å². The Balaban J connectivity index is 2.90. The van der Waals surface area contributed by atoms with Crippen molar-refractivity contribution < 1.29 is 4.74 Å². The number of aromatic nitrogens is 1. The third-order valence-electron chi connectivity index (χ3n) is 1.15. The Hall–Kier alpha value is -0.575. The van der Waals surface area contributed by atoms with E-state index >= 15 is 0 Å². The summed E-state index contributed by atoms with van der Waals surface area (Å²) < 4.78 is 5.50. The number of rotatable bonds is 2. The maximum atomic E-state index is 5.57. The molecule has 0 aliphatic heterocycles. The fraction of sp³-hybridized carbons (Fsp3) is 0.167. The highest BCUT2D eigenvalue weighted by molar-refractivity contribution is 9.10. The van der Waals surface area contributed by atoms with Gasteiger partial charge in [0.2, 0.25) is 0 Å². The molecule has 0 aromatic carbocycles. The van der Waals surface area contributed by atoms with Crippen LogP contribution in [0.3, 0.4) is 0 Å². The first-order chi connectivity index (χ1) is 5.88. The monoisotopic (exact) mass is 232 g/mol. The van der Waals surface area contributed by atoms with Crippen molar-refractivity contribution in [2.75, 3.05) is 5.73 Å². The van der Waals surface area contributed by atoms with E-state index in [0.29, 0.717) is 10.3 Å². The molecule has 1 aromatic heterocycles. The molecule has 6 radical (unpaired) electrons. The lowest BCUT2D eigenvalue weighted by Gasteiger charge is -2.23. The Morgan fingerprint density at radius 2 is 2.08 bits per heavy atom. The van der Waals surface area contributed by atoms with Crippen LogP contribution in [0.15, 0.2) is 16.9 Å². The molecular weight excluding hydrogens is 228 g/mol. The second-order valence-electron chi connectivity index (χ2n) is 2.50. The summed E-state index contributed by atoms with van der Waals surface area (Å²) in [5, 5.41) is -1.75. The molecule has 0 unspecified atom stereocenters. The van der Waals surface area contributed by atoms with Gasteiger partial charge in [-0.15, -0.1) is 0 Å². The van der Waals surface area contributed by atoms with E-state index in [1.807, 2.05) is 0 Å². The lowest BCUT2D eigenvalue weighted by molar-refractivity contribution is 0.319. The van der Waals surface area contributed by atoms with Gasteiger partial charge in [0, 0.05) is 0 Å². The summed E-state index contributed by atoms with van der Waals surface area (Å²) in [6.45, 7) is 0. The maximum absolute atomic E-state index is 5.57. The van der Waals surface area contributed by atoms with Crippen molar-refractivity contribution in [1.82, 2.24) is 4.98 Å². The Morgan fingerprint density at radius 1 is 1.46 bits per heavy atom. The summed E-state index contributed by atoms with van der Waals surface area (Å²) in [6.07, 6.45) is 1.38. The smallest absolute Gasteiger partial charge is 0.158 e. The Bertz CT molecular complexity index is 315. The van der Waals surface area contributed by atoms with Crippen molar-refractivity contribution in [3.05, 3.63) is 16.9 Å². The summed E-state index contributed by atoms with van der Waals surface area (Å²) in [6, 6.07) is 1.56. The molecule has 7 heteroatoms. The quantitative estimate of drug-likeness (QED) is 0.573. The minimum atomic E-state index is -1.75. The largest absolute Gasteiger partial charge is 0.512 e. The van der Waals surface area contributed by atoms with Gasteiger partial charge in [0.25, 0.3) is 0 Å². The summed E-state index contributed by atoms with van der Waals surface area (Å²) in [5.74, 6) is 0.246. The zero-order chi connectivity index (χ0) is 10.1. The third kappa shape index (κ3) is 3.34. The molecule has 0 amide bonds. The average molecular weight is 232 g/mol. The van der Waals surface area contributed by atoms with Crippen molar-refractivity contribution in [1.29, 1.82) is 0 Å². The predicted octanol–water partition coefficient (Wildman–Crippen LogP) is -0.0781. The molecule has 0 bridgehead atoms. The standard InChI is InChI=1S/C6H4B3BrN2O/c7-6(8,9)13-4-2-12-5(10)1-3(4)11/h1-2H,(H2,11,12). The molecule has 0 aliphatic rings. The summed E-state index contributed by atoms with van der Waals surface area (Å²) in [5.41, 5.74) is 5.92. The molecule has 0 fully saturated rings. The van der Waals surface area contributed by atoms with E-state index in [0.717, 1.165) is 0 Å². The van der Waals surface area contributed by atoms with E-state index in [-0.39, 0.29) is 5.75 Å². The molecule has 0 spiro atoms. The highest BCUT2D eigenvalue weighted by Crippen LogP contribution is 2.24. The van der Waals surface area contributed by atoms with E-state index in [2.05, 4.69) is 20.9 Å². The molecule has 2 N–H and O–H groups in total. The maximum Gasteiger partial charge on any atom is 0.158 e. The van der Waals surface area contributed by atoms with E-state index in [9.17, 15) is 0 Å². The van der Waals surface area contributed by atoms with Gasteiger partial charge in [-0.1, -0.05) is 0 Å². The average Bonchev–Trinajstić information content (AvgIpc) is 1.93. The fourth-order valence-corrected chi connectivity index (χ4v) is 1.06. The van der Waals surface area contributed by atoms with Crippen LogP contribution in [0.4, 0.5) is 5.69 Å². The first-order valence-electron chi connectivity index (χ1n) is 3.35. The fourth-order valence-electron chi connectivity index (χ4n) is 0.707. The molecular formula is C6H4B3BrN2O. The number of ether oxygens (including phenoxy) is 1. The van der Waals surface area contributed by atoms with Crippen LogP contribution in [0.1, 0.15) is 0 Å². The van der Waals surface area contributed by atoms with E-state index in [1.165, 1.54) is 6.20 Å². The molecule has 0 atom stereocenters. The second-order valence-corrected chi connectivity index (χ2v) is 3.31. The molecule has 0 aliphatic carbocycles. The number of nitrogens with zero attached hydrogens (tertiary/aromatic N) is 1. The van der Waals surface area contributed by atoms with Crippen molar-refractivity contribution in [3.8, 4) is 5.75 Å². The number of pyridine rings is 1. The Labute approximate surface area is 88.8 Å². The van der Waals surface area contributed by atoms with Gasteiger partial charge in [-0.25, -0.2) is 4.98 Å². The lowest BCUT2D eigenvalue weighted by Crippen LogP contribution is -2.37. The molecule has 1 aromatic rings. The van der Waals surface area contributed by atoms with Crippen LogP contribution in [0.2, 0.25) is 0 Å². The van der Waals surface area contributed by atoms with Crippen LogP contribution in [-0.4, -0.2) is 33.8 Å².